The van der Waals surface area contributed by atoms with Crippen molar-refractivity contribution >= 4 is 17.3 Å². The van der Waals surface area contributed by atoms with Gasteiger partial charge in [-0.3, -0.25) is 0 Å². The average molecular weight is 290 g/mol. The van der Waals surface area contributed by atoms with Gasteiger partial charge in [0.2, 0.25) is 0 Å². The minimum absolute atomic E-state index is 0.262. The summed E-state index contributed by atoms with van der Waals surface area (Å²) in [5.41, 5.74) is 0.478. The van der Waals surface area contributed by atoms with Crippen LogP contribution in [0.3, 0.4) is 0 Å². The lowest BCUT2D eigenvalue weighted by Gasteiger charge is -2.37. The Bertz CT molecular complexity index is 428. The number of ether oxygens (including phenoxy) is 3. The maximum absolute atomic E-state index is 13.8. The summed E-state index contributed by atoms with van der Waals surface area (Å²) in [4.78, 5) is 1.89. The molecule has 0 radical (unpaired) electrons. The summed E-state index contributed by atoms with van der Waals surface area (Å²) in [7, 11) is 3.10. The first-order valence-electron chi connectivity index (χ1n) is 6.03. The molecule has 1 atom stereocenters. The summed E-state index contributed by atoms with van der Waals surface area (Å²) >= 11 is 5.92. The second-order valence-electron chi connectivity index (χ2n) is 4.29. The van der Waals surface area contributed by atoms with Crippen molar-refractivity contribution < 1.29 is 18.6 Å². The predicted molar refractivity (Wildman–Crippen MR) is 71.2 cm³/mol. The van der Waals surface area contributed by atoms with E-state index in [1.165, 1.54) is 12.1 Å². The monoisotopic (exact) mass is 289 g/mol. The van der Waals surface area contributed by atoms with E-state index in [2.05, 4.69) is 0 Å². The van der Waals surface area contributed by atoms with Crippen LogP contribution in [-0.4, -0.2) is 46.3 Å². The quantitative estimate of drug-likeness (QED) is 0.796. The Kier molecular flexibility index (Phi) is 4.99. The van der Waals surface area contributed by atoms with Crippen LogP contribution in [0.25, 0.3) is 0 Å². The predicted octanol–water partition coefficient (Wildman–Crippen LogP) is 2.30. The highest BCUT2D eigenvalue weighted by Gasteiger charge is 2.29. The Hall–Kier alpha value is -0.880. The lowest BCUT2D eigenvalue weighted by atomic mass is 10.2. The normalized spacial score (nSPS) is 20.1. The third-order valence-electron chi connectivity index (χ3n) is 3.11. The first kappa shape index (κ1) is 14.5. The Morgan fingerprint density at radius 1 is 1.42 bits per heavy atom. The van der Waals surface area contributed by atoms with Crippen LogP contribution in [0.4, 0.5) is 10.1 Å². The van der Waals surface area contributed by atoms with E-state index in [1.54, 1.807) is 20.3 Å². The summed E-state index contributed by atoms with van der Waals surface area (Å²) in [5, 5.41) is 0.509. The van der Waals surface area contributed by atoms with Crippen LogP contribution < -0.4 is 4.90 Å². The van der Waals surface area contributed by atoms with Crippen LogP contribution >= 0.6 is 11.6 Å². The van der Waals surface area contributed by atoms with Gasteiger partial charge >= 0.3 is 0 Å². The van der Waals surface area contributed by atoms with E-state index in [-0.39, 0.29) is 11.9 Å². The minimum Gasteiger partial charge on any atom is -0.369 e. The van der Waals surface area contributed by atoms with Gasteiger partial charge in [-0.2, -0.15) is 0 Å². The molecule has 0 bridgehead atoms. The van der Waals surface area contributed by atoms with Crippen molar-refractivity contribution in [1.29, 1.82) is 0 Å². The van der Waals surface area contributed by atoms with E-state index < -0.39 is 6.29 Å². The molecule has 1 heterocycles. The fourth-order valence-corrected chi connectivity index (χ4v) is 2.35. The van der Waals surface area contributed by atoms with E-state index in [0.717, 1.165) is 0 Å². The molecule has 2 rings (SSSR count). The van der Waals surface area contributed by atoms with Crippen LogP contribution in [0.1, 0.15) is 0 Å². The van der Waals surface area contributed by atoms with Crippen molar-refractivity contribution in [2.75, 3.05) is 38.8 Å². The zero-order valence-electron chi connectivity index (χ0n) is 10.9. The number of methoxy groups -OCH3 is 2. The Morgan fingerprint density at radius 3 is 2.84 bits per heavy atom. The molecule has 0 amide bonds. The molecule has 0 spiro atoms. The van der Waals surface area contributed by atoms with Crippen LogP contribution in [0, 0.1) is 5.82 Å². The molecular weight excluding hydrogens is 273 g/mol. The van der Waals surface area contributed by atoms with Gasteiger partial charge in [0.05, 0.1) is 12.3 Å². The maximum Gasteiger partial charge on any atom is 0.184 e. The fraction of sp³-hybridized carbons (Fsp3) is 0.538. The molecule has 0 saturated carbocycles. The van der Waals surface area contributed by atoms with Gasteiger partial charge in [0.1, 0.15) is 11.9 Å². The van der Waals surface area contributed by atoms with Crippen molar-refractivity contribution in [3.63, 3.8) is 0 Å². The highest BCUT2D eigenvalue weighted by molar-refractivity contribution is 6.30. The summed E-state index contributed by atoms with van der Waals surface area (Å²) in [5.74, 6) is -0.295. The molecule has 1 aliphatic rings. The fourth-order valence-electron chi connectivity index (χ4n) is 2.19. The van der Waals surface area contributed by atoms with Crippen LogP contribution in [0.5, 0.6) is 0 Å². The lowest BCUT2D eigenvalue weighted by Crippen LogP contribution is -2.49. The largest absolute Gasteiger partial charge is 0.369 e. The number of morpholine rings is 1. The molecule has 4 nitrogen and oxygen atoms in total. The zero-order valence-corrected chi connectivity index (χ0v) is 11.7. The zero-order chi connectivity index (χ0) is 13.8. The van der Waals surface area contributed by atoms with Crippen molar-refractivity contribution in [3.05, 3.63) is 29.0 Å². The summed E-state index contributed by atoms with van der Waals surface area (Å²) in [6, 6.07) is 4.52. The molecule has 1 aromatic rings. The Labute approximate surface area is 117 Å². The maximum atomic E-state index is 13.8. The van der Waals surface area contributed by atoms with Gasteiger partial charge in [0.15, 0.2) is 6.29 Å². The standard InChI is InChI=1S/C13H17ClFNO3/c1-17-13(18-2)12-8-16(5-6-19-12)11-7-9(14)3-4-10(11)15/h3-4,7,12-13H,5-6,8H2,1-2H3/t12-/m1/s1. The number of hydrogen-bond acceptors (Lipinski definition) is 4. The Morgan fingerprint density at radius 2 is 2.16 bits per heavy atom. The lowest BCUT2D eigenvalue weighted by molar-refractivity contribution is -0.182. The van der Waals surface area contributed by atoms with E-state index in [4.69, 9.17) is 25.8 Å². The molecule has 0 aromatic heterocycles. The van der Waals surface area contributed by atoms with Crippen molar-refractivity contribution in [2.24, 2.45) is 0 Å². The topological polar surface area (TPSA) is 30.9 Å². The molecule has 19 heavy (non-hydrogen) atoms. The molecule has 1 aromatic carbocycles. The van der Waals surface area contributed by atoms with Gasteiger partial charge in [-0.15, -0.1) is 0 Å². The molecule has 0 N–H and O–H groups in total. The Balaban J connectivity index is 2.14. The van der Waals surface area contributed by atoms with Gasteiger partial charge in [0.25, 0.3) is 0 Å². The van der Waals surface area contributed by atoms with E-state index in [9.17, 15) is 4.39 Å². The first-order valence-corrected chi connectivity index (χ1v) is 6.40. The van der Waals surface area contributed by atoms with Gasteiger partial charge in [-0.05, 0) is 18.2 Å². The third kappa shape index (κ3) is 3.36. The second-order valence-corrected chi connectivity index (χ2v) is 4.73. The number of nitrogens with zero attached hydrogens (tertiary/aromatic N) is 1. The number of anilines is 1. The molecule has 1 aliphatic heterocycles. The van der Waals surface area contributed by atoms with Gasteiger partial charge in [-0.25, -0.2) is 4.39 Å². The minimum atomic E-state index is -0.468. The van der Waals surface area contributed by atoms with Crippen LogP contribution in [0.2, 0.25) is 5.02 Å². The molecule has 0 aliphatic carbocycles. The van der Waals surface area contributed by atoms with Crippen LogP contribution in [-0.2, 0) is 14.2 Å². The highest BCUT2D eigenvalue weighted by atomic mass is 35.5. The SMILES string of the molecule is COC(OC)[C@H]1CN(c2cc(Cl)ccc2F)CCO1. The van der Waals surface area contributed by atoms with E-state index >= 15 is 0 Å². The number of hydrogen-bond donors (Lipinski definition) is 0. The second kappa shape index (κ2) is 6.52. The summed E-state index contributed by atoms with van der Waals surface area (Å²) in [6.45, 7) is 1.58. The number of rotatable bonds is 4. The van der Waals surface area contributed by atoms with Crippen molar-refractivity contribution in [1.82, 2.24) is 0 Å². The third-order valence-corrected chi connectivity index (χ3v) is 3.35. The highest BCUT2D eigenvalue weighted by Crippen LogP contribution is 2.26. The van der Waals surface area contributed by atoms with E-state index in [1.807, 2.05) is 4.90 Å². The molecule has 106 valence electrons. The summed E-state index contributed by atoms with van der Waals surface area (Å²) in [6.07, 6.45) is -0.729. The number of benzene rings is 1. The molecule has 1 fully saturated rings. The number of halogens is 2. The molecule has 1 saturated heterocycles. The molecular formula is C13H17ClFNO3. The first-order chi connectivity index (χ1) is 9.15. The van der Waals surface area contributed by atoms with Gasteiger partial charge in [-0.1, -0.05) is 11.6 Å². The van der Waals surface area contributed by atoms with Crippen molar-refractivity contribution in [2.45, 2.75) is 12.4 Å². The summed E-state index contributed by atoms with van der Waals surface area (Å²) < 4.78 is 29.8. The smallest absolute Gasteiger partial charge is 0.184 e. The molecule has 0 unspecified atom stereocenters. The van der Waals surface area contributed by atoms with Crippen molar-refractivity contribution in [3.8, 4) is 0 Å². The average Bonchev–Trinajstić information content (AvgIpc) is 2.43. The van der Waals surface area contributed by atoms with Gasteiger partial charge in [0, 0.05) is 32.3 Å². The van der Waals surface area contributed by atoms with Crippen LogP contribution in [0.15, 0.2) is 18.2 Å². The molecule has 6 heteroatoms. The van der Waals surface area contributed by atoms with E-state index in [0.29, 0.717) is 30.4 Å². The van der Waals surface area contributed by atoms with Gasteiger partial charge < -0.3 is 19.1 Å².